The zero-order valence-electron chi connectivity index (χ0n) is 19.0. The lowest BCUT2D eigenvalue weighted by molar-refractivity contribution is 0.102. The quantitative estimate of drug-likeness (QED) is 0.401. The maximum atomic E-state index is 12.9. The van der Waals surface area contributed by atoms with Gasteiger partial charge < -0.3 is 10.1 Å². The molecule has 0 spiro atoms. The van der Waals surface area contributed by atoms with Gasteiger partial charge in [0.05, 0.1) is 0 Å². The number of nitrogens with zero attached hydrogens (tertiary/aromatic N) is 5. The molecule has 168 valence electrons. The summed E-state index contributed by atoms with van der Waals surface area (Å²) in [5.74, 6) is 1.16. The molecule has 0 aliphatic heterocycles. The van der Waals surface area contributed by atoms with Gasteiger partial charge in [-0.1, -0.05) is 18.2 Å². The van der Waals surface area contributed by atoms with Crippen LogP contribution in [0.15, 0.2) is 73.2 Å². The lowest BCUT2D eigenvalue weighted by atomic mass is 10.1. The molecule has 3 heterocycles. The standard InChI is InChI=1S/C26H22N6O2/c1-16-5-4-6-20(13-16)28-25(33)19-8-7-17(2)22(14-19)34-26-21-15-32(3)31-24(21)29-23(30-26)18-9-11-27-12-10-18/h4-15H,1-3H3,(H,28,33). The molecule has 2 aromatic carbocycles. The summed E-state index contributed by atoms with van der Waals surface area (Å²) in [6.45, 7) is 3.90. The third-order valence-electron chi connectivity index (χ3n) is 5.33. The van der Waals surface area contributed by atoms with Gasteiger partial charge in [0.15, 0.2) is 11.5 Å². The van der Waals surface area contributed by atoms with E-state index < -0.39 is 0 Å². The molecule has 1 amide bonds. The normalized spacial score (nSPS) is 10.9. The van der Waals surface area contributed by atoms with Crippen LogP contribution in [0.1, 0.15) is 21.5 Å². The number of carbonyl (C=O) groups excluding carboxylic acids is 1. The number of nitrogens with one attached hydrogen (secondary N) is 1. The van der Waals surface area contributed by atoms with E-state index in [0.717, 1.165) is 22.4 Å². The summed E-state index contributed by atoms with van der Waals surface area (Å²) in [5.41, 5.74) is 4.48. The van der Waals surface area contributed by atoms with E-state index in [9.17, 15) is 4.79 Å². The highest BCUT2D eigenvalue weighted by Gasteiger charge is 2.17. The van der Waals surface area contributed by atoms with Crippen LogP contribution in [0.2, 0.25) is 0 Å². The van der Waals surface area contributed by atoms with E-state index in [-0.39, 0.29) is 5.91 Å². The molecular formula is C26H22N6O2. The maximum Gasteiger partial charge on any atom is 0.255 e. The first-order chi connectivity index (χ1) is 16.5. The van der Waals surface area contributed by atoms with Crippen molar-refractivity contribution < 1.29 is 9.53 Å². The van der Waals surface area contributed by atoms with Crippen LogP contribution in [0.4, 0.5) is 5.69 Å². The van der Waals surface area contributed by atoms with Crippen molar-refractivity contribution >= 4 is 22.6 Å². The number of anilines is 1. The summed E-state index contributed by atoms with van der Waals surface area (Å²) < 4.78 is 7.93. The lowest BCUT2D eigenvalue weighted by Gasteiger charge is -2.12. The fourth-order valence-corrected chi connectivity index (χ4v) is 3.58. The fourth-order valence-electron chi connectivity index (χ4n) is 3.58. The molecule has 0 aliphatic carbocycles. The Bertz CT molecular complexity index is 1510. The first kappa shape index (κ1) is 21.3. The Balaban J connectivity index is 1.50. The van der Waals surface area contributed by atoms with Crippen molar-refractivity contribution in [2.45, 2.75) is 13.8 Å². The Morgan fingerprint density at radius 3 is 2.62 bits per heavy atom. The number of ether oxygens (including phenoxy) is 1. The minimum Gasteiger partial charge on any atom is -0.438 e. The molecule has 0 bridgehead atoms. The molecule has 0 radical (unpaired) electrons. The number of fused-ring (bicyclic) bond motifs is 1. The average molecular weight is 451 g/mol. The van der Waals surface area contributed by atoms with E-state index in [0.29, 0.717) is 34.1 Å². The van der Waals surface area contributed by atoms with E-state index >= 15 is 0 Å². The molecule has 5 aromatic rings. The molecular weight excluding hydrogens is 428 g/mol. The molecule has 0 saturated heterocycles. The smallest absolute Gasteiger partial charge is 0.255 e. The number of amides is 1. The molecule has 1 N–H and O–H groups in total. The average Bonchev–Trinajstić information content (AvgIpc) is 3.21. The van der Waals surface area contributed by atoms with Gasteiger partial charge in [0.25, 0.3) is 5.91 Å². The number of pyridine rings is 1. The van der Waals surface area contributed by atoms with E-state index in [2.05, 4.69) is 25.4 Å². The zero-order chi connectivity index (χ0) is 23.7. The predicted octanol–water partition coefficient (Wildman–Crippen LogP) is 5.09. The Morgan fingerprint density at radius 2 is 1.82 bits per heavy atom. The van der Waals surface area contributed by atoms with Crippen LogP contribution in [0, 0.1) is 13.8 Å². The fraction of sp³-hybridized carbons (Fsp3) is 0.115. The predicted molar refractivity (Wildman–Crippen MR) is 130 cm³/mol. The Hall–Kier alpha value is -4.59. The molecule has 0 unspecified atom stereocenters. The van der Waals surface area contributed by atoms with Crippen LogP contribution >= 0.6 is 0 Å². The van der Waals surface area contributed by atoms with Gasteiger partial charge in [0.2, 0.25) is 5.88 Å². The largest absolute Gasteiger partial charge is 0.438 e. The van der Waals surface area contributed by atoms with Gasteiger partial charge in [-0.3, -0.25) is 14.5 Å². The van der Waals surface area contributed by atoms with Crippen LogP contribution < -0.4 is 10.1 Å². The summed E-state index contributed by atoms with van der Waals surface area (Å²) >= 11 is 0. The van der Waals surface area contributed by atoms with Gasteiger partial charge in [0.1, 0.15) is 11.1 Å². The second-order valence-electron chi connectivity index (χ2n) is 8.03. The third-order valence-corrected chi connectivity index (χ3v) is 5.33. The van der Waals surface area contributed by atoms with Crippen molar-refractivity contribution in [3.05, 3.63) is 89.9 Å². The summed E-state index contributed by atoms with van der Waals surface area (Å²) in [6.07, 6.45) is 5.18. The van der Waals surface area contributed by atoms with Crippen LogP contribution in [-0.4, -0.2) is 30.6 Å². The Morgan fingerprint density at radius 1 is 1.00 bits per heavy atom. The van der Waals surface area contributed by atoms with Crippen molar-refractivity contribution in [1.29, 1.82) is 0 Å². The highest BCUT2D eigenvalue weighted by Crippen LogP contribution is 2.32. The first-order valence-electron chi connectivity index (χ1n) is 10.7. The van der Waals surface area contributed by atoms with Gasteiger partial charge in [-0.2, -0.15) is 10.1 Å². The second-order valence-corrected chi connectivity index (χ2v) is 8.03. The molecule has 3 aromatic heterocycles. The van der Waals surface area contributed by atoms with Crippen molar-refractivity contribution in [1.82, 2.24) is 24.7 Å². The van der Waals surface area contributed by atoms with Crippen LogP contribution in [-0.2, 0) is 7.05 Å². The zero-order valence-corrected chi connectivity index (χ0v) is 19.0. The summed E-state index contributed by atoms with van der Waals surface area (Å²) in [5, 5.41) is 8.04. The maximum absolute atomic E-state index is 12.9. The van der Waals surface area contributed by atoms with Gasteiger partial charge in [-0.05, 0) is 61.4 Å². The molecule has 8 nitrogen and oxygen atoms in total. The Kier molecular flexibility index (Phi) is 5.47. The van der Waals surface area contributed by atoms with E-state index in [1.165, 1.54) is 0 Å². The monoisotopic (exact) mass is 450 g/mol. The summed E-state index contributed by atoms with van der Waals surface area (Å²) in [4.78, 5) is 26.2. The van der Waals surface area contributed by atoms with Gasteiger partial charge in [-0.25, -0.2) is 4.98 Å². The van der Waals surface area contributed by atoms with E-state index in [1.54, 1.807) is 29.2 Å². The number of aromatic nitrogens is 5. The molecule has 0 atom stereocenters. The van der Waals surface area contributed by atoms with Gasteiger partial charge in [0, 0.05) is 42.5 Å². The van der Waals surface area contributed by atoms with Crippen molar-refractivity contribution in [2.75, 3.05) is 5.32 Å². The highest BCUT2D eigenvalue weighted by molar-refractivity contribution is 6.04. The molecule has 0 saturated carbocycles. The minimum absolute atomic E-state index is 0.220. The first-order valence-corrected chi connectivity index (χ1v) is 10.7. The Labute approximate surface area is 196 Å². The van der Waals surface area contributed by atoms with Crippen molar-refractivity contribution in [3.8, 4) is 23.0 Å². The van der Waals surface area contributed by atoms with Gasteiger partial charge in [-0.15, -0.1) is 0 Å². The summed E-state index contributed by atoms with van der Waals surface area (Å²) in [6, 6.07) is 16.7. The number of hydrogen-bond acceptors (Lipinski definition) is 6. The van der Waals surface area contributed by atoms with Crippen LogP contribution in [0.25, 0.3) is 22.4 Å². The minimum atomic E-state index is -0.220. The number of hydrogen-bond donors (Lipinski definition) is 1. The van der Waals surface area contributed by atoms with Crippen molar-refractivity contribution in [3.63, 3.8) is 0 Å². The molecule has 8 heteroatoms. The number of aryl methyl sites for hydroxylation is 3. The highest BCUT2D eigenvalue weighted by atomic mass is 16.5. The number of rotatable bonds is 5. The molecule has 5 rings (SSSR count). The van der Waals surface area contributed by atoms with E-state index in [1.807, 2.05) is 69.6 Å². The topological polar surface area (TPSA) is 94.8 Å². The molecule has 0 fully saturated rings. The lowest BCUT2D eigenvalue weighted by Crippen LogP contribution is -2.12. The van der Waals surface area contributed by atoms with Crippen molar-refractivity contribution in [2.24, 2.45) is 7.05 Å². The summed E-state index contributed by atoms with van der Waals surface area (Å²) in [7, 11) is 1.82. The molecule has 0 aliphatic rings. The molecule has 34 heavy (non-hydrogen) atoms. The second kappa shape index (κ2) is 8.74. The SMILES string of the molecule is Cc1cccc(NC(=O)c2ccc(C)c(Oc3nc(-c4ccncc4)nc4nn(C)cc34)c2)c1. The number of benzene rings is 2. The van der Waals surface area contributed by atoms with Crippen LogP contribution in [0.3, 0.4) is 0 Å². The van der Waals surface area contributed by atoms with Crippen LogP contribution in [0.5, 0.6) is 11.6 Å². The number of carbonyl (C=O) groups is 1. The van der Waals surface area contributed by atoms with Gasteiger partial charge >= 0.3 is 0 Å². The third kappa shape index (κ3) is 4.33. The van der Waals surface area contributed by atoms with E-state index in [4.69, 9.17) is 4.74 Å².